The Bertz CT molecular complexity index is 1080. The largest absolute Gasteiger partial charge is 0.452 e. The van der Waals surface area contributed by atoms with Gasteiger partial charge in [-0.05, 0) is 24.6 Å². The molecule has 142 valence electrons. The van der Waals surface area contributed by atoms with Crippen LogP contribution >= 0.6 is 23.2 Å². The zero-order valence-corrected chi connectivity index (χ0v) is 16.3. The molecular weight excluding hydrogens is 401 g/mol. The number of ether oxygens (including phenoxy) is 1. The minimum atomic E-state index is -0.658. The van der Waals surface area contributed by atoms with Gasteiger partial charge < -0.3 is 10.1 Å². The minimum absolute atomic E-state index is 0.155. The first-order chi connectivity index (χ1) is 13.5. The second-order valence-electron chi connectivity index (χ2n) is 5.81. The molecule has 1 amide bonds. The molecule has 1 aromatic carbocycles. The highest BCUT2D eigenvalue weighted by atomic mass is 35.5. The van der Waals surface area contributed by atoms with E-state index in [0.717, 1.165) is 16.5 Å². The molecule has 0 aliphatic heterocycles. The summed E-state index contributed by atoms with van der Waals surface area (Å²) in [7, 11) is 0. The van der Waals surface area contributed by atoms with Crippen LogP contribution < -0.4 is 5.32 Å². The number of anilines is 1. The Kier molecular flexibility index (Phi) is 6.23. The van der Waals surface area contributed by atoms with E-state index in [-0.39, 0.29) is 10.8 Å². The van der Waals surface area contributed by atoms with E-state index in [1.165, 1.54) is 12.3 Å². The fourth-order valence-electron chi connectivity index (χ4n) is 2.42. The van der Waals surface area contributed by atoms with Crippen LogP contribution in [0.2, 0.25) is 10.0 Å². The van der Waals surface area contributed by atoms with Gasteiger partial charge in [-0.2, -0.15) is 0 Å². The number of nitrogens with one attached hydrogen (secondary N) is 1. The number of rotatable bonds is 5. The number of hydrogen-bond acceptors (Lipinski definition) is 5. The lowest BCUT2D eigenvalue weighted by Gasteiger charge is -2.09. The molecule has 3 aromatic rings. The lowest BCUT2D eigenvalue weighted by atomic mass is 10.1. The summed E-state index contributed by atoms with van der Waals surface area (Å²) in [6.45, 7) is 1.23. The van der Waals surface area contributed by atoms with Crippen molar-refractivity contribution in [2.75, 3.05) is 11.9 Å². The molecule has 0 atom stereocenters. The highest BCUT2D eigenvalue weighted by Gasteiger charge is 2.12. The molecule has 0 aliphatic carbocycles. The lowest BCUT2D eigenvalue weighted by molar-refractivity contribution is -0.142. The van der Waals surface area contributed by atoms with Crippen LogP contribution in [0.25, 0.3) is 17.0 Å². The van der Waals surface area contributed by atoms with Crippen LogP contribution in [0.15, 0.2) is 48.8 Å². The van der Waals surface area contributed by atoms with Crippen LogP contribution in [0.3, 0.4) is 0 Å². The van der Waals surface area contributed by atoms with Gasteiger partial charge in [-0.1, -0.05) is 47.5 Å². The highest BCUT2D eigenvalue weighted by Crippen LogP contribution is 2.28. The quantitative estimate of drug-likeness (QED) is 0.491. The number of para-hydroxylation sites is 1. The number of carbonyl (C=O) groups is 2. The fraction of sp³-hybridized carbons (Fsp3) is 0.100. The predicted molar refractivity (Wildman–Crippen MR) is 109 cm³/mol. The van der Waals surface area contributed by atoms with E-state index in [0.29, 0.717) is 10.6 Å². The summed E-state index contributed by atoms with van der Waals surface area (Å²) in [5, 5.41) is 4.06. The smallest absolute Gasteiger partial charge is 0.331 e. The van der Waals surface area contributed by atoms with Crippen molar-refractivity contribution in [2.24, 2.45) is 0 Å². The van der Waals surface area contributed by atoms with Gasteiger partial charge in [0.25, 0.3) is 5.91 Å². The van der Waals surface area contributed by atoms with Crippen molar-refractivity contribution in [3.8, 4) is 0 Å². The lowest BCUT2D eigenvalue weighted by Crippen LogP contribution is -2.21. The molecule has 8 heteroatoms. The third-order valence-corrected chi connectivity index (χ3v) is 4.71. The van der Waals surface area contributed by atoms with E-state index in [1.54, 1.807) is 19.2 Å². The zero-order valence-electron chi connectivity index (χ0n) is 14.8. The Morgan fingerprint density at radius 3 is 2.79 bits per heavy atom. The summed E-state index contributed by atoms with van der Waals surface area (Å²) >= 11 is 12.0. The molecule has 0 saturated heterocycles. The standard InChI is InChI=1S/C20H15Cl2N3O3/c1-12-15(21)10-24-20(18(12)22)25-16(26)11-28-17(27)8-7-14-5-2-4-13-6-3-9-23-19(13)14/h2-10H,11H2,1H3,(H,24,25,26)/b8-7+. The van der Waals surface area contributed by atoms with Gasteiger partial charge in [0.05, 0.1) is 15.6 Å². The average Bonchev–Trinajstić information content (AvgIpc) is 2.71. The van der Waals surface area contributed by atoms with Crippen molar-refractivity contribution in [1.82, 2.24) is 9.97 Å². The summed E-state index contributed by atoms with van der Waals surface area (Å²) in [6, 6.07) is 9.40. The molecule has 6 nitrogen and oxygen atoms in total. The molecule has 2 heterocycles. The maximum atomic E-state index is 12.0. The van der Waals surface area contributed by atoms with Crippen molar-refractivity contribution in [1.29, 1.82) is 0 Å². The summed E-state index contributed by atoms with van der Waals surface area (Å²) in [5.41, 5.74) is 2.13. The number of aromatic nitrogens is 2. The van der Waals surface area contributed by atoms with E-state index in [4.69, 9.17) is 27.9 Å². The molecule has 1 N–H and O–H groups in total. The Labute approximate surface area is 171 Å². The van der Waals surface area contributed by atoms with Crippen molar-refractivity contribution < 1.29 is 14.3 Å². The molecule has 3 rings (SSSR count). The molecule has 0 radical (unpaired) electrons. The Morgan fingerprint density at radius 2 is 1.96 bits per heavy atom. The number of pyridine rings is 2. The van der Waals surface area contributed by atoms with Crippen molar-refractivity contribution >= 4 is 57.9 Å². The summed E-state index contributed by atoms with van der Waals surface area (Å²) in [5.74, 6) is -1.07. The number of halogens is 2. The third kappa shape index (κ3) is 4.65. The van der Waals surface area contributed by atoms with Gasteiger partial charge in [-0.25, -0.2) is 9.78 Å². The number of nitrogens with zero attached hydrogens (tertiary/aromatic N) is 2. The zero-order chi connectivity index (χ0) is 20.1. The van der Waals surface area contributed by atoms with Gasteiger partial charge in [0.1, 0.15) is 0 Å². The van der Waals surface area contributed by atoms with Crippen molar-refractivity contribution in [3.05, 3.63) is 70.0 Å². The predicted octanol–water partition coefficient (Wildman–Crippen LogP) is 4.44. The Balaban J connectivity index is 1.59. The van der Waals surface area contributed by atoms with Crippen LogP contribution in [0, 0.1) is 6.92 Å². The van der Waals surface area contributed by atoms with E-state index in [1.807, 2.05) is 30.3 Å². The molecule has 0 aliphatic rings. The van der Waals surface area contributed by atoms with Gasteiger partial charge in [-0.3, -0.25) is 9.78 Å². The van der Waals surface area contributed by atoms with Gasteiger partial charge >= 0.3 is 5.97 Å². The molecule has 2 aromatic heterocycles. The monoisotopic (exact) mass is 415 g/mol. The molecule has 28 heavy (non-hydrogen) atoms. The second-order valence-corrected chi connectivity index (χ2v) is 6.59. The SMILES string of the molecule is Cc1c(Cl)cnc(NC(=O)COC(=O)/C=C/c2cccc3cccnc23)c1Cl. The minimum Gasteiger partial charge on any atom is -0.452 e. The first kappa shape index (κ1) is 19.8. The van der Waals surface area contributed by atoms with E-state index >= 15 is 0 Å². The van der Waals surface area contributed by atoms with Gasteiger partial charge in [0.15, 0.2) is 12.4 Å². The summed E-state index contributed by atoms with van der Waals surface area (Å²) in [4.78, 5) is 32.1. The molecule has 0 saturated carbocycles. The van der Waals surface area contributed by atoms with Crippen molar-refractivity contribution in [3.63, 3.8) is 0 Å². The van der Waals surface area contributed by atoms with Gasteiger partial charge in [-0.15, -0.1) is 0 Å². The third-order valence-electron chi connectivity index (χ3n) is 3.87. The van der Waals surface area contributed by atoms with E-state index in [9.17, 15) is 9.59 Å². The average molecular weight is 416 g/mol. The molecule has 0 spiro atoms. The number of amides is 1. The number of carbonyl (C=O) groups excluding carboxylic acids is 2. The second kappa shape index (κ2) is 8.82. The van der Waals surface area contributed by atoms with Crippen molar-refractivity contribution in [2.45, 2.75) is 6.92 Å². The van der Waals surface area contributed by atoms with E-state index in [2.05, 4.69) is 15.3 Å². The molecule has 0 unspecified atom stereocenters. The van der Waals surface area contributed by atoms with Gasteiger partial charge in [0, 0.05) is 29.4 Å². The van der Waals surface area contributed by atoms with Crippen LogP contribution in [-0.4, -0.2) is 28.5 Å². The molecule has 0 fully saturated rings. The molecule has 0 bridgehead atoms. The summed E-state index contributed by atoms with van der Waals surface area (Å²) in [6.07, 6.45) is 5.90. The number of fused-ring (bicyclic) bond motifs is 1. The molecular formula is C20H15Cl2N3O3. The number of benzene rings is 1. The van der Waals surface area contributed by atoms with E-state index < -0.39 is 18.5 Å². The Morgan fingerprint density at radius 1 is 1.18 bits per heavy atom. The fourth-order valence-corrected chi connectivity index (χ4v) is 2.81. The summed E-state index contributed by atoms with van der Waals surface area (Å²) < 4.78 is 4.95. The number of hydrogen-bond donors (Lipinski definition) is 1. The van der Waals surface area contributed by atoms with Crippen LogP contribution in [0.5, 0.6) is 0 Å². The highest BCUT2D eigenvalue weighted by molar-refractivity contribution is 6.37. The topological polar surface area (TPSA) is 81.2 Å². The maximum Gasteiger partial charge on any atom is 0.331 e. The first-order valence-electron chi connectivity index (χ1n) is 8.24. The van der Waals surface area contributed by atoms with Gasteiger partial charge in [0.2, 0.25) is 0 Å². The number of esters is 1. The van der Waals surface area contributed by atoms with Crippen LogP contribution in [-0.2, 0) is 14.3 Å². The normalized spacial score (nSPS) is 11.0. The Hall–Kier alpha value is -2.96. The first-order valence-corrected chi connectivity index (χ1v) is 9.00. The van der Waals surface area contributed by atoms with Crippen LogP contribution in [0.4, 0.5) is 5.82 Å². The van der Waals surface area contributed by atoms with Crippen LogP contribution in [0.1, 0.15) is 11.1 Å². The maximum absolute atomic E-state index is 12.0.